The molecular weight excluding hydrogens is 232 g/mol. The van der Waals surface area contributed by atoms with E-state index >= 15 is 0 Å². The Morgan fingerprint density at radius 2 is 1.95 bits per heavy atom. The predicted molar refractivity (Wildman–Crippen MR) is 82.6 cm³/mol. The van der Waals surface area contributed by atoms with E-state index in [4.69, 9.17) is 0 Å². The first-order valence-electron chi connectivity index (χ1n) is 7.75. The second kappa shape index (κ2) is 7.06. The molecule has 1 aliphatic rings. The van der Waals surface area contributed by atoms with Gasteiger partial charge < -0.3 is 10.6 Å². The molecule has 1 aromatic rings. The summed E-state index contributed by atoms with van der Waals surface area (Å²) in [5.41, 5.74) is 2.88. The Bertz CT molecular complexity index is 365. The Kier molecular flexibility index (Phi) is 5.41. The molecule has 0 spiro atoms. The summed E-state index contributed by atoms with van der Waals surface area (Å²) in [5, 5.41) is 7.06. The minimum atomic E-state index is 0.474. The third-order valence-corrected chi connectivity index (χ3v) is 4.55. The van der Waals surface area contributed by atoms with Gasteiger partial charge in [0.1, 0.15) is 0 Å². The van der Waals surface area contributed by atoms with Gasteiger partial charge in [0.25, 0.3) is 0 Å². The smallest absolute Gasteiger partial charge is 0.0332 e. The summed E-state index contributed by atoms with van der Waals surface area (Å²) in [6, 6.07) is 10.4. The molecule has 0 bridgehead atoms. The van der Waals surface area contributed by atoms with Gasteiger partial charge in [0.05, 0.1) is 0 Å². The molecule has 1 heterocycles. The van der Waals surface area contributed by atoms with Gasteiger partial charge in [-0.2, -0.15) is 0 Å². The summed E-state index contributed by atoms with van der Waals surface area (Å²) in [6.07, 6.45) is 5.05. The van der Waals surface area contributed by atoms with Crippen molar-refractivity contribution in [2.75, 3.05) is 13.6 Å². The van der Waals surface area contributed by atoms with Crippen LogP contribution in [0.1, 0.15) is 62.6 Å². The summed E-state index contributed by atoms with van der Waals surface area (Å²) in [6.45, 7) is 5.74. The van der Waals surface area contributed by atoms with Crippen LogP contribution in [0.4, 0.5) is 0 Å². The number of hydrogen-bond acceptors (Lipinski definition) is 2. The fourth-order valence-corrected chi connectivity index (χ4v) is 2.96. The summed E-state index contributed by atoms with van der Waals surface area (Å²) < 4.78 is 0. The Balaban J connectivity index is 2.01. The average Bonchev–Trinajstić information content (AvgIpc) is 2.97. The van der Waals surface area contributed by atoms with E-state index in [0.717, 1.165) is 0 Å². The molecule has 1 aliphatic heterocycles. The standard InChI is InChI=1S/C17H28N2/c1-4-13(2)14-7-9-15(10-8-14)17(18-3)12-16-6-5-11-19-16/h7-10,13,16-19H,4-6,11-12H2,1-3H3. The molecule has 1 fully saturated rings. The van der Waals surface area contributed by atoms with Crippen LogP contribution in [0.2, 0.25) is 0 Å². The predicted octanol–water partition coefficient (Wildman–Crippen LogP) is 3.60. The van der Waals surface area contributed by atoms with Crippen LogP contribution < -0.4 is 10.6 Å². The molecule has 1 saturated heterocycles. The average molecular weight is 260 g/mol. The van der Waals surface area contributed by atoms with Gasteiger partial charge in [-0.3, -0.25) is 0 Å². The first-order chi connectivity index (χ1) is 9.24. The SMILES string of the molecule is CCC(C)c1ccc(C(CC2CCCN2)NC)cc1. The zero-order valence-corrected chi connectivity index (χ0v) is 12.6. The highest BCUT2D eigenvalue weighted by Crippen LogP contribution is 2.25. The Labute approximate surface area is 118 Å². The molecular formula is C17H28N2. The van der Waals surface area contributed by atoms with Crippen molar-refractivity contribution >= 4 is 0 Å². The second-order valence-corrected chi connectivity index (χ2v) is 5.85. The van der Waals surface area contributed by atoms with Crippen molar-refractivity contribution in [3.63, 3.8) is 0 Å². The minimum absolute atomic E-state index is 0.474. The fraction of sp³-hybridized carbons (Fsp3) is 0.647. The van der Waals surface area contributed by atoms with Crippen molar-refractivity contribution < 1.29 is 0 Å². The molecule has 0 radical (unpaired) electrons. The minimum Gasteiger partial charge on any atom is -0.314 e. The summed E-state index contributed by atoms with van der Waals surface area (Å²) >= 11 is 0. The third kappa shape index (κ3) is 3.80. The van der Waals surface area contributed by atoms with Crippen molar-refractivity contribution in [3.05, 3.63) is 35.4 Å². The first kappa shape index (κ1) is 14.5. The van der Waals surface area contributed by atoms with E-state index in [2.05, 4.69) is 55.8 Å². The van der Waals surface area contributed by atoms with Gasteiger partial charge in [0, 0.05) is 12.1 Å². The quantitative estimate of drug-likeness (QED) is 0.816. The molecule has 2 rings (SSSR count). The Morgan fingerprint density at radius 1 is 1.26 bits per heavy atom. The molecule has 0 saturated carbocycles. The van der Waals surface area contributed by atoms with Crippen molar-refractivity contribution in [3.8, 4) is 0 Å². The van der Waals surface area contributed by atoms with Crippen LogP contribution in [-0.2, 0) is 0 Å². The number of benzene rings is 1. The maximum Gasteiger partial charge on any atom is 0.0332 e. The number of hydrogen-bond donors (Lipinski definition) is 2. The van der Waals surface area contributed by atoms with Gasteiger partial charge in [-0.05, 0) is 56.3 Å². The second-order valence-electron chi connectivity index (χ2n) is 5.85. The zero-order chi connectivity index (χ0) is 13.7. The van der Waals surface area contributed by atoms with Gasteiger partial charge in [-0.15, -0.1) is 0 Å². The highest BCUT2D eigenvalue weighted by molar-refractivity contribution is 5.27. The first-order valence-corrected chi connectivity index (χ1v) is 7.75. The van der Waals surface area contributed by atoms with E-state index in [1.807, 2.05) is 0 Å². The largest absolute Gasteiger partial charge is 0.314 e. The molecule has 0 amide bonds. The van der Waals surface area contributed by atoms with E-state index in [9.17, 15) is 0 Å². The molecule has 3 atom stereocenters. The Morgan fingerprint density at radius 3 is 2.47 bits per heavy atom. The van der Waals surface area contributed by atoms with Crippen LogP contribution in [0.5, 0.6) is 0 Å². The fourth-order valence-electron chi connectivity index (χ4n) is 2.96. The maximum atomic E-state index is 3.59. The number of rotatable bonds is 6. The van der Waals surface area contributed by atoms with E-state index < -0.39 is 0 Å². The molecule has 2 N–H and O–H groups in total. The third-order valence-electron chi connectivity index (χ3n) is 4.55. The van der Waals surface area contributed by atoms with Crippen LogP contribution in [0, 0.1) is 0 Å². The van der Waals surface area contributed by atoms with Crippen LogP contribution in [0.15, 0.2) is 24.3 Å². The van der Waals surface area contributed by atoms with Gasteiger partial charge in [-0.25, -0.2) is 0 Å². The molecule has 2 heteroatoms. The van der Waals surface area contributed by atoms with Gasteiger partial charge in [0.2, 0.25) is 0 Å². The van der Waals surface area contributed by atoms with E-state index in [1.165, 1.54) is 43.4 Å². The van der Waals surface area contributed by atoms with Crippen LogP contribution in [0.25, 0.3) is 0 Å². The summed E-state index contributed by atoms with van der Waals surface area (Å²) in [7, 11) is 2.07. The number of nitrogens with one attached hydrogen (secondary N) is 2. The van der Waals surface area contributed by atoms with Crippen molar-refractivity contribution in [2.45, 2.75) is 57.5 Å². The van der Waals surface area contributed by atoms with Crippen molar-refractivity contribution in [1.29, 1.82) is 0 Å². The van der Waals surface area contributed by atoms with E-state index in [-0.39, 0.29) is 0 Å². The highest BCUT2D eigenvalue weighted by atomic mass is 15.0. The lowest BCUT2D eigenvalue weighted by molar-refractivity contribution is 0.453. The van der Waals surface area contributed by atoms with Crippen LogP contribution >= 0.6 is 0 Å². The molecule has 106 valence electrons. The monoisotopic (exact) mass is 260 g/mol. The van der Waals surface area contributed by atoms with Gasteiger partial charge >= 0.3 is 0 Å². The van der Waals surface area contributed by atoms with Crippen LogP contribution in [-0.4, -0.2) is 19.6 Å². The van der Waals surface area contributed by atoms with Crippen molar-refractivity contribution in [1.82, 2.24) is 10.6 Å². The lowest BCUT2D eigenvalue weighted by Crippen LogP contribution is -2.28. The van der Waals surface area contributed by atoms with Crippen LogP contribution in [0.3, 0.4) is 0 Å². The Hall–Kier alpha value is -0.860. The highest BCUT2D eigenvalue weighted by Gasteiger charge is 2.19. The summed E-state index contributed by atoms with van der Waals surface area (Å²) in [5.74, 6) is 0.665. The van der Waals surface area contributed by atoms with Gasteiger partial charge in [-0.1, -0.05) is 38.1 Å². The van der Waals surface area contributed by atoms with Gasteiger partial charge in [0.15, 0.2) is 0 Å². The molecule has 0 aliphatic carbocycles. The molecule has 3 unspecified atom stereocenters. The maximum absolute atomic E-state index is 3.59. The van der Waals surface area contributed by atoms with Crippen molar-refractivity contribution in [2.24, 2.45) is 0 Å². The lowest BCUT2D eigenvalue weighted by Gasteiger charge is -2.21. The zero-order valence-electron chi connectivity index (χ0n) is 12.6. The lowest BCUT2D eigenvalue weighted by atomic mass is 9.94. The van der Waals surface area contributed by atoms with E-state index in [0.29, 0.717) is 18.0 Å². The van der Waals surface area contributed by atoms with E-state index in [1.54, 1.807) is 0 Å². The topological polar surface area (TPSA) is 24.1 Å². The molecule has 19 heavy (non-hydrogen) atoms. The molecule has 0 aromatic heterocycles. The summed E-state index contributed by atoms with van der Waals surface area (Å²) in [4.78, 5) is 0. The molecule has 2 nitrogen and oxygen atoms in total. The normalized spacial score (nSPS) is 22.4. The molecule has 1 aromatic carbocycles.